The van der Waals surface area contributed by atoms with E-state index in [0.29, 0.717) is 17.9 Å². The second-order valence-electron chi connectivity index (χ2n) is 13.1. The number of anilines is 2. The summed E-state index contributed by atoms with van der Waals surface area (Å²) in [6.45, 7) is 10.2. The molecule has 232 valence electrons. The summed E-state index contributed by atoms with van der Waals surface area (Å²) in [7, 11) is 0. The second kappa shape index (κ2) is 13.0. The first kappa shape index (κ1) is 30.7. The predicted octanol–water partition coefficient (Wildman–Crippen LogP) is 8.23. The molecule has 0 aliphatic carbocycles. The van der Waals surface area contributed by atoms with Gasteiger partial charge in [0, 0.05) is 34.2 Å². The fourth-order valence-corrected chi connectivity index (χ4v) is 7.14. The third-order valence-electron chi connectivity index (χ3n) is 8.63. The first-order valence-electron chi connectivity index (χ1n) is 15.7. The van der Waals surface area contributed by atoms with Gasteiger partial charge in [-0.25, -0.2) is 9.48 Å². The third kappa shape index (κ3) is 7.02. The van der Waals surface area contributed by atoms with E-state index in [0.717, 1.165) is 59.4 Å². The highest BCUT2D eigenvalue weighted by Crippen LogP contribution is 2.36. The molecule has 5 aromatic rings. The molecule has 1 fully saturated rings. The molecule has 6 rings (SSSR count). The summed E-state index contributed by atoms with van der Waals surface area (Å²) < 4.78 is 2.98. The predicted molar refractivity (Wildman–Crippen MR) is 185 cm³/mol. The number of rotatable bonds is 8. The molecule has 0 radical (unpaired) electrons. The lowest BCUT2D eigenvalue weighted by molar-refractivity contribution is -0.121. The number of carbonyl (C=O) groups excluding carboxylic acids is 2. The van der Waals surface area contributed by atoms with Crippen LogP contribution in [0.3, 0.4) is 0 Å². The number of Topliss-reactive ketones (excluding diaryl/α,β-unsaturated/α-hetero) is 1. The topological polar surface area (TPSA) is 88.1 Å². The lowest BCUT2D eigenvalue weighted by Gasteiger charge is -2.30. The lowest BCUT2D eigenvalue weighted by Crippen LogP contribution is -2.34. The fourth-order valence-electron chi connectivity index (χ4n) is 6.17. The summed E-state index contributed by atoms with van der Waals surface area (Å²) in [5, 5.41) is 17.6. The van der Waals surface area contributed by atoms with Crippen molar-refractivity contribution >= 4 is 44.7 Å². The summed E-state index contributed by atoms with van der Waals surface area (Å²) >= 11 is 1.69. The van der Waals surface area contributed by atoms with Gasteiger partial charge in [0.2, 0.25) is 0 Å². The van der Waals surface area contributed by atoms with Crippen LogP contribution in [0.1, 0.15) is 61.9 Å². The summed E-state index contributed by atoms with van der Waals surface area (Å²) in [4.78, 5) is 27.5. The molecule has 0 saturated carbocycles. The van der Waals surface area contributed by atoms with Crippen molar-refractivity contribution in [3.63, 3.8) is 0 Å². The van der Waals surface area contributed by atoms with Crippen molar-refractivity contribution in [3.05, 3.63) is 107 Å². The minimum atomic E-state index is -0.365. The molecule has 1 aliphatic rings. The van der Waals surface area contributed by atoms with E-state index in [9.17, 15) is 9.59 Å². The maximum Gasteiger partial charge on any atom is 0.324 e. The van der Waals surface area contributed by atoms with Gasteiger partial charge in [0.15, 0.2) is 0 Å². The zero-order valence-electron chi connectivity index (χ0n) is 26.4. The Labute approximate surface area is 269 Å². The number of hydrogen-bond donors (Lipinski definition) is 3. The van der Waals surface area contributed by atoms with Crippen LogP contribution in [-0.2, 0) is 16.6 Å². The SMILES string of the molecule is Cc1ccc(-n2nc(C(C)(C)C)cc2NC(=O)Nc2cccc(C(C(=O)Cc3csc4ccccc34)C3CCNCC3)c2)cc1. The second-order valence-corrected chi connectivity index (χ2v) is 14.0. The van der Waals surface area contributed by atoms with E-state index in [1.807, 2.05) is 73.7 Å². The largest absolute Gasteiger partial charge is 0.324 e. The van der Waals surface area contributed by atoms with E-state index < -0.39 is 0 Å². The molecule has 1 unspecified atom stereocenters. The average Bonchev–Trinajstić information content (AvgIpc) is 3.63. The van der Waals surface area contributed by atoms with Crippen molar-refractivity contribution in [1.29, 1.82) is 0 Å². The van der Waals surface area contributed by atoms with Crippen LogP contribution in [0.4, 0.5) is 16.3 Å². The normalized spacial score (nSPS) is 14.8. The summed E-state index contributed by atoms with van der Waals surface area (Å²) in [5.74, 6) is 0.812. The molecule has 1 saturated heterocycles. The van der Waals surface area contributed by atoms with Gasteiger partial charge in [0.1, 0.15) is 11.6 Å². The van der Waals surface area contributed by atoms with Crippen LogP contribution in [0.15, 0.2) is 84.2 Å². The minimum absolute atomic E-state index is 0.192. The van der Waals surface area contributed by atoms with Crippen LogP contribution in [0.2, 0.25) is 0 Å². The standard InChI is InChI=1S/C37H41N5O2S/c1-24-12-14-29(15-13-24)42-34(22-33(41-42)37(2,3)4)40-36(44)39-28-9-7-8-26(20-28)35(25-16-18-38-19-17-25)31(43)21-27-23-45-32-11-6-5-10-30(27)32/h5-15,20,22-23,25,35,38H,16-19,21H2,1-4H3,(H2,39,40,44). The highest BCUT2D eigenvalue weighted by atomic mass is 32.1. The van der Waals surface area contributed by atoms with Crippen LogP contribution in [0.5, 0.6) is 0 Å². The van der Waals surface area contributed by atoms with Gasteiger partial charge >= 0.3 is 6.03 Å². The zero-order chi connectivity index (χ0) is 31.6. The first-order chi connectivity index (χ1) is 21.7. The van der Waals surface area contributed by atoms with Gasteiger partial charge in [-0.05, 0) is 91.0 Å². The number of thiophene rings is 1. The van der Waals surface area contributed by atoms with Gasteiger partial charge in [-0.15, -0.1) is 11.3 Å². The van der Waals surface area contributed by atoms with Crippen LogP contribution in [0, 0.1) is 12.8 Å². The molecular weight excluding hydrogens is 579 g/mol. The Morgan fingerprint density at radius 1 is 0.978 bits per heavy atom. The Kier molecular flexibility index (Phi) is 8.88. The van der Waals surface area contributed by atoms with Gasteiger partial charge < -0.3 is 10.6 Å². The number of aromatic nitrogens is 2. The van der Waals surface area contributed by atoms with Gasteiger partial charge in [-0.1, -0.05) is 68.8 Å². The average molecular weight is 620 g/mol. The van der Waals surface area contributed by atoms with E-state index in [-0.39, 0.29) is 29.1 Å². The Morgan fingerprint density at radius 3 is 2.49 bits per heavy atom. The number of fused-ring (bicyclic) bond motifs is 1. The van der Waals surface area contributed by atoms with E-state index in [1.165, 1.54) is 4.70 Å². The molecule has 2 amide bonds. The maximum atomic E-state index is 14.1. The third-order valence-corrected chi connectivity index (χ3v) is 9.64. The number of ketones is 1. The summed E-state index contributed by atoms with van der Waals surface area (Å²) in [6, 6.07) is 25.7. The summed E-state index contributed by atoms with van der Waals surface area (Å²) in [5.41, 5.74) is 5.39. The Morgan fingerprint density at radius 2 is 1.73 bits per heavy atom. The molecule has 1 aliphatic heterocycles. The maximum absolute atomic E-state index is 14.1. The minimum Gasteiger partial charge on any atom is -0.317 e. The van der Waals surface area contributed by atoms with Gasteiger partial charge in [-0.2, -0.15) is 5.10 Å². The van der Waals surface area contributed by atoms with E-state index in [2.05, 4.69) is 54.2 Å². The Bertz CT molecular complexity index is 1810. The van der Waals surface area contributed by atoms with E-state index in [4.69, 9.17) is 5.10 Å². The number of nitrogens with one attached hydrogen (secondary N) is 3. The molecule has 45 heavy (non-hydrogen) atoms. The van der Waals surface area contributed by atoms with Crippen LogP contribution >= 0.6 is 11.3 Å². The lowest BCUT2D eigenvalue weighted by atomic mass is 9.76. The number of aryl methyl sites for hydroxylation is 1. The number of hydrogen-bond acceptors (Lipinski definition) is 5. The molecule has 3 heterocycles. The van der Waals surface area contributed by atoms with Crippen molar-refractivity contribution in [1.82, 2.24) is 15.1 Å². The number of piperidine rings is 1. The monoisotopic (exact) mass is 619 g/mol. The number of carbonyl (C=O) groups is 2. The summed E-state index contributed by atoms with van der Waals surface area (Å²) in [6.07, 6.45) is 2.28. The number of nitrogens with zero attached hydrogens (tertiary/aromatic N) is 2. The van der Waals surface area contributed by atoms with Crippen molar-refractivity contribution in [2.24, 2.45) is 5.92 Å². The first-order valence-corrected chi connectivity index (χ1v) is 16.6. The Balaban J connectivity index is 1.24. The van der Waals surface area contributed by atoms with Crippen molar-refractivity contribution in [3.8, 4) is 5.69 Å². The Hall–Kier alpha value is -4.27. The molecule has 0 spiro atoms. The van der Waals surface area contributed by atoms with Crippen LogP contribution < -0.4 is 16.0 Å². The van der Waals surface area contributed by atoms with Crippen molar-refractivity contribution in [2.45, 2.75) is 58.3 Å². The molecule has 0 bridgehead atoms. The van der Waals surface area contributed by atoms with Crippen LogP contribution in [0.25, 0.3) is 15.8 Å². The van der Waals surface area contributed by atoms with Crippen molar-refractivity contribution in [2.75, 3.05) is 23.7 Å². The highest BCUT2D eigenvalue weighted by Gasteiger charge is 2.31. The smallest absolute Gasteiger partial charge is 0.317 e. The molecule has 1 atom stereocenters. The number of urea groups is 1. The molecule has 8 heteroatoms. The number of benzene rings is 3. The zero-order valence-corrected chi connectivity index (χ0v) is 27.2. The quantitative estimate of drug-likeness (QED) is 0.163. The molecule has 3 N–H and O–H groups in total. The van der Waals surface area contributed by atoms with Crippen molar-refractivity contribution < 1.29 is 9.59 Å². The molecule has 7 nitrogen and oxygen atoms in total. The van der Waals surface area contributed by atoms with Crippen LogP contribution in [-0.4, -0.2) is 34.7 Å². The highest BCUT2D eigenvalue weighted by molar-refractivity contribution is 7.17. The van der Waals surface area contributed by atoms with E-state index in [1.54, 1.807) is 16.0 Å². The molecular formula is C37H41N5O2S. The van der Waals surface area contributed by atoms with Gasteiger partial charge in [0.05, 0.1) is 11.4 Å². The van der Waals surface area contributed by atoms with Gasteiger partial charge in [0.25, 0.3) is 0 Å². The van der Waals surface area contributed by atoms with E-state index >= 15 is 0 Å². The van der Waals surface area contributed by atoms with Gasteiger partial charge in [-0.3, -0.25) is 10.1 Å². The fraction of sp³-hybridized carbons (Fsp3) is 0.324. The number of amides is 2. The molecule has 2 aromatic heterocycles. The molecule has 3 aromatic carbocycles.